The molecule has 0 saturated carbocycles. The standard InChI is InChI=1S/C28H38N2O.C2H6.CH2O/c1-9-10-26(31)30(8)18-21-11-12-25(29-17-21)20(3)22-16-24-23(15-19(22)2)27(4,5)13-14-28(24,6)7;2*1-2/h11-12,15-17H,3,9-10,13-14,18H2,1-2,4-8H3;1-2H3;1H2. The van der Waals surface area contributed by atoms with Crippen LogP contribution in [-0.4, -0.2) is 29.6 Å². The molecule has 2 aromatic rings. The molecule has 1 aromatic carbocycles. The van der Waals surface area contributed by atoms with Crippen molar-refractivity contribution < 1.29 is 9.59 Å². The maximum Gasteiger partial charge on any atom is 0.222 e. The lowest BCUT2D eigenvalue weighted by Crippen LogP contribution is -2.34. The first-order chi connectivity index (χ1) is 16.5. The van der Waals surface area contributed by atoms with Crippen LogP contribution >= 0.6 is 0 Å². The molecule has 1 aliphatic rings. The first-order valence-corrected chi connectivity index (χ1v) is 12.8. The van der Waals surface area contributed by atoms with Crippen LogP contribution in [0.3, 0.4) is 0 Å². The number of benzene rings is 1. The Hall–Kier alpha value is -2.75. The third-order valence-corrected chi connectivity index (χ3v) is 6.97. The summed E-state index contributed by atoms with van der Waals surface area (Å²) >= 11 is 0. The van der Waals surface area contributed by atoms with Gasteiger partial charge in [0.05, 0.1) is 5.69 Å². The maximum absolute atomic E-state index is 12.1. The monoisotopic (exact) mass is 478 g/mol. The minimum Gasteiger partial charge on any atom is -0.341 e. The predicted molar refractivity (Wildman–Crippen MR) is 149 cm³/mol. The highest BCUT2D eigenvalue weighted by atomic mass is 16.2. The average molecular weight is 479 g/mol. The van der Waals surface area contributed by atoms with Crippen LogP contribution in [0.15, 0.2) is 37.0 Å². The molecule has 4 nitrogen and oxygen atoms in total. The summed E-state index contributed by atoms with van der Waals surface area (Å²) in [5, 5.41) is 0. The molecule has 1 aromatic heterocycles. The van der Waals surface area contributed by atoms with Crippen molar-refractivity contribution in [3.05, 3.63) is 70.6 Å². The summed E-state index contributed by atoms with van der Waals surface area (Å²) in [4.78, 5) is 26.5. The molecule has 1 heterocycles. The lowest BCUT2D eigenvalue weighted by atomic mass is 9.62. The van der Waals surface area contributed by atoms with E-state index in [0.29, 0.717) is 13.0 Å². The number of nitrogens with zero attached hydrogens (tertiary/aromatic N) is 2. The van der Waals surface area contributed by atoms with Gasteiger partial charge in [0, 0.05) is 31.8 Å². The highest BCUT2D eigenvalue weighted by Gasteiger charge is 2.37. The van der Waals surface area contributed by atoms with Crippen LogP contribution in [0.4, 0.5) is 0 Å². The van der Waals surface area contributed by atoms with Gasteiger partial charge in [-0.3, -0.25) is 9.78 Å². The van der Waals surface area contributed by atoms with Gasteiger partial charge in [-0.1, -0.05) is 67.2 Å². The Morgan fingerprint density at radius 1 is 1.03 bits per heavy atom. The van der Waals surface area contributed by atoms with Crippen molar-refractivity contribution in [3.63, 3.8) is 0 Å². The maximum atomic E-state index is 12.1. The second-order valence-electron chi connectivity index (χ2n) is 10.5. The third-order valence-electron chi connectivity index (χ3n) is 6.97. The number of aryl methyl sites for hydroxylation is 1. The normalized spacial score (nSPS) is 14.9. The summed E-state index contributed by atoms with van der Waals surface area (Å²) in [7, 11) is 1.85. The smallest absolute Gasteiger partial charge is 0.222 e. The van der Waals surface area contributed by atoms with Gasteiger partial charge in [-0.05, 0) is 77.0 Å². The Morgan fingerprint density at radius 3 is 2.06 bits per heavy atom. The van der Waals surface area contributed by atoms with Crippen LogP contribution in [0.5, 0.6) is 0 Å². The van der Waals surface area contributed by atoms with Gasteiger partial charge in [0.1, 0.15) is 6.79 Å². The van der Waals surface area contributed by atoms with Gasteiger partial charge in [-0.15, -0.1) is 0 Å². The molecule has 0 bridgehead atoms. The fourth-order valence-electron chi connectivity index (χ4n) is 4.65. The van der Waals surface area contributed by atoms with E-state index in [-0.39, 0.29) is 16.7 Å². The lowest BCUT2D eigenvalue weighted by molar-refractivity contribution is -0.130. The fraction of sp³-hybridized carbons (Fsp3) is 0.516. The minimum atomic E-state index is 0.167. The van der Waals surface area contributed by atoms with E-state index in [2.05, 4.69) is 59.4 Å². The number of hydrogen-bond acceptors (Lipinski definition) is 3. The summed E-state index contributed by atoms with van der Waals surface area (Å²) < 4.78 is 0. The minimum absolute atomic E-state index is 0.167. The van der Waals surface area contributed by atoms with Crippen molar-refractivity contribution in [3.8, 4) is 0 Å². The van der Waals surface area contributed by atoms with Gasteiger partial charge in [-0.25, -0.2) is 0 Å². The van der Waals surface area contributed by atoms with E-state index < -0.39 is 0 Å². The van der Waals surface area contributed by atoms with Crippen molar-refractivity contribution in [2.75, 3.05) is 7.05 Å². The van der Waals surface area contributed by atoms with Crippen molar-refractivity contribution in [1.82, 2.24) is 9.88 Å². The Kier molecular flexibility index (Phi) is 11.1. The summed E-state index contributed by atoms with van der Waals surface area (Å²) in [6, 6.07) is 8.83. The molecular weight excluding hydrogens is 432 g/mol. The summed E-state index contributed by atoms with van der Waals surface area (Å²) in [6.07, 6.45) is 5.74. The molecule has 0 N–H and O–H groups in total. The van der Waals surface area contributed by atoms with E-state index in [1.807, 2.05) is 46.9 Å². The van der Waals surface area contributed by atoms with Gasteiger partial charge in [0.15, 0.2) is 0 Å². The highest BCUT2D eigenvalue weighted by Crippen LogP contribution is 2.47. The quantitative estimate of drug-likeness (QED) is 0.434. The van der Waals surface area contributed by atoms with Crippen molar-refractivity contribution in [2.24, 2.45) is 0 Å². The molecule has 0 spiro atoms. The number of rotatable bonds is 6. The molecule has 1 amide bonds. The van der Waals surface area contributed by atoms with Crippen molar-refractivity contribution in [2.45, 2.75) is 98.4 Å². The number of fused-ring (bicyclic) bond motifs is 1. The largest absolute Gasteiger partial charge is 0.341 e. The second-order valence-corrected chi connectivity index (χ2v) is 10.5. The van der Waals surface area contributed by atoms with E-state index in [0.717, 1.165) is 23.3 Å². The van der Waals surface area contributed by atoms with Gasteiger partial charge < -0.3 is 9.69 Å². The van der Waals surface area contributed by atoms with E-state index in [1.54, 1.807) is 4.90 Å². The van der Waals surface area contributed by atoms with Crippen molar-refractivity contribution in [1.29, 1.82) is 0 Å². The zero-order valence-electron chi connectivity index (χ0n) is 23.5. The zero-order valence-corrected chi connectivity index (χ0v) is 23.5. The molecule has 0 unspecified atom stereocenters. The SMILES string of the molecule is C=C(c1ccc(CN(C)C(=O)CCC)cn1)c1cc2c(cc1C)C(C)(C)CCC2(C)C.C=O.CC. The second kappa shape index (κ2) is 12.8. The first-order valence-electron chi connectivity index (χ1n) is 12.8. The predicted octanol–water partition coefficient (Wildman–Crippen LogP) is 7.40. The molecular formula is C31H46N2O2. The Morgan fingerprint density at radius 2 is 1.57 bits per heavy atom. The highest BCUT2D eigenvalue weighted by molar-refractivity contribution is 5.79. The van der Waals surface area contributed by atoms with E-state index in [4.69, 9.17) is 9.78 Å². The van der Waals surface area contributed by atoms with Crippen LogP contribution in [0.25, 0.3) is 5.57 Å². The number of hydrogen-bond donors (Lipinski definition) is 0. The van der Waals surface area contributed by atoms with Gasteiger partial charge >= 0.3 is 0 Å². The molecule has 3 rings (SSSR count). The van der Waals surface area contributed by atoms with Gasteiger partial charge in [0.25, 0.3) is 0 Å². The number of amides is 1. The van der Waals surface area contributed by atoms with Gasteiger partial charge in [0.2, 0.25) is 5.91 Å². The summed E-state index contributed by atoms with van der Waals surface area (Å²) in [5.74, 6) is 0.172. The molecule has 0 saturated heterocycles. The van der Waals surface area contributed by atoms with Crippen LogP contribution in [0.2, 0.25) is 0 Å². The first kappa shape index (κ1) is 30.3. The van der Waals surface area contributed by atoms with Crippen LogP contribution < -0.4 is 0 Å². The van der Waals surface area contributed by atoms with Crippen molar-refractivity contribution >= 4 is 18.3 Å². The summed E-state index contributed by atoms with van der Waals surface area (Å²) in [5.41, 5.74) is 8.61. The molecule has 0 radical (unpaired) electrons. The van der Waals surface area contributed by atoms with Crippen LogP contribution in [-0.2, 0) is 27.0 Å². The number of aromatic nitrogens is 1. The van der Waals surface area contributed by atoms with Crippen LogP contribution in [0.1, 0.15) is 108 Å². The third kappa shape index (κ3) is 7.13. The van der Waals surface area contributed by atoms with Crippen LogP contribution in [0, 0.1) is 6.92 Å². The van der Waals surface area contributed by atoms with E-state index in [1.165, 1.54) is 35.1 Å². The van der Waals surface area contributed by atoms with Gasteiger partial charge in [-0.2, -0.15) is 0 Å². The van der Waals surface area contributed by atoms with E-state index >= 15 is 0 Å². The Balaban J connectivity index is 0.00000145. The fourth-order valence-corrected chi connectivity index (χ4v) is 4.65. The topological polar surface area (TPSA) is 50.3 Å². The molecule has 0 atom stereocenters. The molecule has 35 heavy (non-hydrogen) atoms. The van der Waals surface area contributed by atoms with E-state index in [9.17, 15) is 4.79 Å². The summed E-state index contributed by atoms with van der Waals surface area (Å²) in [6.45, 7) is 24.6. The number of pyridine rings is 1. The molecule has 192 valence electrons. The Bertz CT molecular complexity index is 1000. The average Bonchev–Trinajstić information content (AvgIpc) is 2.84. The Labute approximate surface area is 213 Å². The zero-order chi connectivity index (χ0) is 27.0. The molecule has 1 aliphatic carbocycles. The number of carbonyl (C=O) groups is 2. The molecule has 0 fully saturated rings. The number of carbonyl (C=O) groups excluding carboxylic acids is 2. The lowest BCUT2D eigenvalue weighted by Gasteiger charge is -2.42. The molecule has 0 aliphatic heterocycles. The molecule has 4 heteroatoms.